The third-order valence-corrected chi connectivity index (χ3v) is 2.38. The van der Waals surface area contributed by atoms with E-state index in [9.17, 15) is 0 Å². The van der Waals surface area contributed by atoms with Crippen LogP contribution in [0.2, 0.25) is 0 Å². The number of halogens is 2. The second kappa shape index (κ2) is 9.03. The first-order valence-electron chi connectivity index (χ1n) is 4.36. The van der Waals surface area contributed by atoms with Crippen molar-refractivity contribution in [3.05, 3.63) is 0 Å². The van der Waals surface area contributed by atoms with Gasteiger partial charge in [0.15, 0.2) is 0 Å². The van der Waals surface area contributed by atoms with Gasteiger partial charge in [-0.2, -0.15) is 0 Å². The number of aliphatic hydroxyl groups is 1. The Hall–Kier alpha value is 0.460. The van der Waals surface area contributed by atoms with Gasteiger partial charge in [-0.1, -0.05) is 0 Å². The SMILES string of the molecule is CN(CCO)C1CCNCC1.Cl.Cl. The third-order valence-electron chi connectivity index (χ3n) is 2.38. The van der Waals surface area contributed by atoms with E-state index in [-0.39, 0.29) is 31.4 Å². The summed E-state index contributed by atoms with van der Waals surface area (Å²) in [5.74, 6) is 0. The minimum atomic E-state index is 0. The smallest absolute Gasteiger partial charge is 0.0558 e. The van der Waals surface area contributed by atoms with Crippen molar-refractivity contribution in [2.45, 2.75) is 18.9 Å². The number of piperidine rings is 1. The summed E-state index contributed by atoms with van der Waals surface area (Å²) in [5.41, 5.74) is 0. The van der Waals surface area contributed by atoms with Gasteiger partial charge >= 0.3 is 0 Å². The molecule has 2 N–H and O–H groups in total. The van der Waals surface area contributed by atoms with Gasteiger partial charge in [0.2, 0.25) is 0 Å². The molecule has 82 valence electrons. The minimum Gasteiger partial charge on any atom is -0.395 e. The Morgan fingerprint density at radius 3 is 2.31 bits per heavy atom. The van der Waals surface area contributed by atoms with E-state index in [0.717, 1.165) is 19.6 Å². The maximum Gasteiger partial charge on any atom is 0.0558 e. The van der Waals surface area contributed by atoms with Crippen LogP contribution in [0.25, 0.3) is 0 Å². The van der Waals surface area contributed by atoms with Crippen LogP contribution in [0.4, 0.5) is 0 Å². The first-order valence-corrected chi connectivity index (χ1v) is 4.36. The Labute approximate surface area is 92.7 Å². The Balaban J connectivity index is 0. The highest BCUT2D eigenvalue weighted by Crippen LogP contribution is 2.08. The van der Waals surface area contributed by atoms with Crippen LogP contribution in [0.5, 0.6) is 0 Å². The molecule has 13 heavy (non-hydrogen) atoms. The average Bonchev–Trinajstić information content (AvgIpc) is 2.07. The lowest BCUT2D eigenvalue weighted by Gasteiger charge is -2.30. The molecule has 0 radical (unpaired) electrons. The number of hydrogen-bond donors (Lipinski definition) is 2. The van der Waals surface area contributed by atoms with Gasteiger partial charge in [-0.15, -0.1) is 24.8 Å². The minimum absolute atomic E-state index is 0. The summed E-state index contributed by atoms with van der Waals surface area (Å²) in [6.45, 7) is 3.34. The molecule has 1 saturated heterocycles. The zero-order valence-electron chi connectivity index (χ0n) is 8.03. The van der Waals surface area contributed by atoms with Crippen molar-refractivity contribution >= 4 is 24.8 Å². The number of nitrogens with zero attached hydrogens (tertiary/aromatic N) is 1. The molecule has 0 spiro atoms. The number of nitrogens with one attached hydrogen (secondary N) is 1. The molecular weight excluding hydrogens is 211 g/mol. The monoisotopic (exact) mass is 230 g/mol. The van der Waals surface area contributed by atoms with Gasteiger partial charge in [0.05, 0.1) is 6.61 Å². The Morgan fingerprint density at radius 2 is 1.85 bits per heavy atom. The van der Waals surface area contributed by atoms with Crippen molar-refractivity contribution in [3.8, 4) is 0 Å². The molecule has 1 rings (SSSR count). The van der Waals surface area contributed by atoms with Gasteiger partial charge in [-0.05, 0) is 33.0 Å². The van der Waals surface area contributed by atoms with Crippen molar-refractivity contribution < 1.29 is 5.11 Å². The van der Waals surface area contributed by atoms with E-state index in [0.29, 0.717) is 6.04 Å². The molecule has 0 aromatic heterocycles. The number of hydrogen-bond acceptors (Lipinski definition) is 3. The Bertz CT molecular complexity index is 110. The zero-order valence-corrected chi connectivity index (χ0v) is 9.66. The van der Waals surface area contributed by atoms with E-state index in [1.54, 1.807) is 0 Å². The molecule has 0 aromatic carbocycles. The normalized spacial score (nSPS) is 17.8. The maximum absolute atomic E-state index is 8.71. The predicted molar refractivity (Wildman–Crippen MR) is 60.1 cm³/mol. The van der Waals surface area contributed by atoms with Crippen molar-refractivity contribution in [2.75, 3.05) is 33.3 Å². The second-order valence-corrected chi connectivity index (χ2v) is 3.19. The van der Waals surface area contributed by atoms with Gasteiger partial charge in [0.1, 0.15) is 0 Å². The Kier molecular flexibility index (Phi) is 11.1. The summed E-state index contributed by atoms with van der Waals surface area (Å²) in [6, 6.07) is 0.684. The van der Waals surface area contributed by atoms with Gasteiger partial charge in [-0.3, -0.25) is 0 Å². The highest BCUT2D eigenvalue weighted by Gasteiger charge is 2.16. The van der Waals surface area contributed by atoms with E-state index in [1.165, 1.54) is 12.8 Å². The highest BCUT2D eigenvalue weighted by atomic mass is 35.5. The second-order valence-electron chi connectivity index (χ2n) is 3.19. The van der Waals surface area contributed by atoms with E-state index >= 15 is 0 Å². The van der Waals surface area contributed by atoms with Crippen LogP contribution in [0.1, 0.15) is 12.8 Å². The standard InChI is InChI=1S/C8H18N2O.2ClH/c1-10(6-7-11)8-2-4-9-5-3-8;;/h8-9,11H,2-7H2,1H3;2*1H. The molecule has 0 atom stereocenters. The van der Waals surface area contributed by atoms with Gasteiger partial charge in [0.25, 0.3) is 0 Å². The van der Waals surface area contributed by atoms with E-state index in [4.69, 9.17) is 5.11 Å². The van der Waals surface area contributed by atoms with Crippen LogP contribution in [0.3, 0.4) is 0 Å². The molecule has 5 heteroatoms. The molecule has 1 heterocycles. The van der Waals surface area contributed by atoms with Gasteiger partial charge in [0, 0.05) is 12.6 Å². The largest absolute Gasteiger partial charge is 0.395 e. The summed E-state index contributed by atoms with van der Waals surface area (Å²) >= 11 is 0. The zero-order chi connectivity index (χ0) is 8.10. The summed E-state index contributed by atoms with van der Waals surface area (Å²) in [7, 11) is 2.09. The fraction of sp³-hybridized carbons (Fsp3) is 1.00. The van der Waals surface area contributed by atoms with E-state index in [2.05, 4.69) is 17.3 Å². The molecule has 0 aliphatic carbocycles. The van der Waals surface area contributed by atoms with Crippen LogP contribution < -0.4 is 5.32 Å². The van der Waals surface area contributed by atoms with Gasteiger partial charge < -0.3 is 15.3 Å². The maximum atomic E-state index is 8.71. The molecule has 0 aromatic rings. The number of likely N-dealkylation sites (N-methyl/N-ethyl adjacent to an activating group) is 1. The first-order chi connectivity index (χ1) is 5.34. The molecule has 1 fully saturated rings. The van der Waals surface area contributed by atoms with Crippen molar-refractivity contribution in [1.29, 1.82) is 0 Å². The number of aliphatic hydroxyl groups excluding tert-OH is 1. The van der Waals surface area contributed by atoms with Gasteiger partial charge in [-0.25, -0.2) is 0 Å². The fourth-order valence-corrected chi connectivity index (χ4v) is 1.59. The lowest BCUT2D eigenvalue weighted by Crippen LogP contribution is -2.42. The van der Waals surface area contributed by atoms with Crippen LogP contribution in [-0.2, 0) is 0 Å². The van der Waals surface area contributed by atoms with Crippen LogP contribution in [0, 0.1) is 0 Å². The first kappa shape index (κ1) is 15.9. The van der Waals surface area contributed by atoms with Crippen molar-refractivity contribution in [1.82, 2.24) is 10.2 Å². The summed E-state index contributed by atoms with van der Waals surface area (Å²) in [4.78, 5) is 2.25. The molecule has 3 nitrogen and oxygen atoms in total. The quantitative estimate of drug-likeness (QED) is 0.742. The molecule has 1 aliphatic heterocycles. The fourth-order valence-electron chi connectivity index (χ4n) is 1.59. The topological polar surface area (TPSA) is 35.5 Å². The summed E-state index contributed by atoms with van der Waals surface area (Å²) in [5, 5.41) is 12.0. The van der Waals surface area contributed by atoms with Crippen molar-refractivity contribution in [3.63, 3.8) is 0 Å². The van der Waals surface area contributed by atoms with E-state index in [1.807, 2.05) is 0 Å². The molecule has 0 bridgehead atoms. The van der Waals surface area contributed by atoms with Crippen LogP contribution in [-0.4, -0.2) is 49.3 Å². The number of rotatable bonds is 3. The lowest BCUT2D eigenvalue weighted by atomic mass is 10.1. The summed E-state index contributed by atoms with van der Waals surface area (Å²) in [6.07, 6.45) is 2.44. The Morgan fingerprint density at radius 1 is 1.31 bits per heavy atom. The van der Waals surface area contributed by atoms with Crippen LogP contribution in [0.15, 0.2) is 0 Å². The summed E-state index contributed by atoms with van der Waals surface area (Å²) < 4.78 is 0. The predicted octanol–water partition coefficient (Wildman–Crippen LogP) is 0.506. The molecular formula is C8H20Cl2N2O. The third kappa shape index (κ3) is 5.70. The highest BCUT2D eigenvalue weighted by molar-refractivity contribution is 5.85. The molecule has 0 unspecified atom stereocenters. The lowest BCUT2D eigenvalue weighted by molar-refractivity contribution is 0.157. The van der Waals surface area contributed by atoms with E-state index < -0.39 is 0 Å². The average molecular weight is 231 g/mol. The van der Waals surface area contributed by atoms with Crippen LogP contribution >= 0.6 is 24.8 Å². The molecule has 0 saturated carbocycles. The van der Waals surface area contributed by atoms with Crippen molar-refractivity contribution in [2.24, 2.45) is 0 Å². The molecule has 0 amide bonds. The molecule has 1 aliphatic rings.